The van der Waals surface area contributed by atoms with E-state index in [9.17, 15) is 9.59 Å². The topological polar surface area (TPSA) is 89.4 Å². The lowest BCUT2D eigenvalue weighted by atomic mass is 9.96. The van der Waals surface area contributed by atoms with Crippen molar-refractivity contribution < 1.29 is 14.3 Å². The van der Waals surface area contributed by atoms with Crippen LogP contribution < -0.4 is 10.1 Å². The molecule has 2 aromatic heterocycles. The first kappa shape index (κ1) is 25.2. The van der Waals surface area contributed by atoms with Crippen LogP contribution in [0.25, 0.3) is 11.0 Å². The van der Waals surface area contributed by atoms with Crippen LogP contribution in [0.3, 0.4) is 0 Å². The Hall–Kier alpha value is -3.43. The van der Waals surface area contributed by atoms with Crippen molar-refractivity contribution in [3.05, 3.63) is 69.6 Å². The summed E-state index contributed by atoms with van der Waals surface area (Å²) in [5.41, 5.74) is 1.10. The highest BCUT2D eigenvalue weighted by Crippen LogP contribution is 2.33. The maximum Gasteiger partial charge on any atom is 0.277 e. The number of benzene rings is 2. The number of likely N-dealkylation sites (tertiary alicyclic amines) is 1. The van der Waals surface area contributed by atoms with Gasteiger partial charge in [-0.05, 0) is 51.0 Å². The Kier molecular flexibility index (Phi) is 6.92. The fraction of sp³-hybridized carbons (Fsp3) is 0.333. The maximum atomic E-state index is 13.2. The van der Waals surface area contributed by atoms with Gasteiger partial charge in [0.05, 0.1) is 21.1 Å². The molecule has 0 spiro atoms. The lowest BCUT2D eigenvalue weighted by molar-refractivity contribution is -0.146. The molecule has 8 nitrogen and oxygen atoms in total. The molecule has 0 bridgehead atoms. The van der Waals surface area contributed by atoms with Crippen LogP contribution in [0.1, 0.15) is 48.1 Å². The monoisotopic (exact) mass is 537 g/mol. The quantitative estimate of drug-likeness (QED) is 0.351. The van der Waals surface area contributed by atoms with Gasteiger partial charge < -0.3 is 14.2 Å². The number of para-hydroxylation sites is 3. The van der Waals surface area contributed by atoms with E-state index in [0.717, 1.165) is 28.9 Å². The molecule has 1 aliphatic heterocycles. The van der Waals surface area contributed by atoms with Gasteiger partial charge in [-0.15, -0.1) is 11.3 Å². The highest BCUT2D eigenvalue weighted by atomic mass is 35.5. The molecule has 1 saturated heterocycles. The predicted octanol–water partition coefficient (Wildman–Crippen LogP) is 5.50. The van der Waals surface area contributed by atoms with E-state index in [-0.39, 0.29) is 17.7 Å². The summed E-state index contributed by atoms with van der Waals surface area (Å²) in [6, 6.07) is 14.9. The average Bonchev–Trinajstić information content (AvgIpc) is 3.51. The number of hydrogen-bond donors (Lipinski definition) is 1. The second-order valence-corrected chi connectivity index (χ2v) is 10.9. The molecule has 0 atom stereocenters. The second kappa shape index (κ2) is 10.1. The van der Waals surface area contributed by atoms with Crippen LogP contribution in [-0.4, -0.2) is 49.9 Å². The molecular formula is C27H28ClN5O3S. The third-order valence-corrected chi connectivity index (χ3v) is 7.93. The van der Waals surface area contributed by atoms with Crippen molar-refractivity contribution in [2.45, 2.75) is 38.2 Å². The van der Waals surface area contributed by atoms with Crippen LogP contribution in [0, 0.1) is 0 Å². The Bertz CT molecular complexity index is 1460. The number of aromatic nitrogens is 3. The molecule has 37 heavy (non-hydrogen) atoms. The highest BCUT2D eigenvalue weighted by molar-refractivity contribution is 7.10. The molecule has 5 rings (SSSR count). The van der Waals surface area contributed by atoms with Gasteiger partial charge >= 0.3 is 0 Å². The molecule has 0 saturated carbocycles. The molecule has 2 aromatic carbocycles. The maximum absolute atomic E-state index is 13.2. The van der Waals surface area contributed by atoms with Gasteiger partial charge in [0.1, 0.15) is 11.4 Å². The van der Waals surface area contributed by atoms with E-state index >= 15 is 0 Å². The summed E-state index contributed by atoms with van der Waals surface area (Å²) in [7, 11) is 1.87. The van der Waals surface area contributed by atoms with Crippen LogP contribution in [-0.2, 0) is 11.8 Å². The van der Waals surface area contributed by atoms with Gasteiger partial charge in [0, 0.05) is 31.4 Å². The number of amides is 2. The van der Waals surface area contributed by atoms with Crippen molar-refractivity contribution in [2.75, 3.05) is 18.4 Å². The standard InChI is InChI=1S/C27H28ClN5O3S/c1-27(2,36-22-11-7-4-8-18(22)28)25(35)33-14-12-17(13-15-33)24-29-20(16-37-24)23(34)31-26-30-19-9-5-6-10-21(19)32(26)3/h4-11,16-17H,12-15H2,1-3H3,(H,30,31,34). The number of carbonyl (C=O) groups excluding carboxylic acids is 2. The van der Waals surface area contributed by atoms with Gasteiger partial charge in [-0.1, -0.05) is 35.9 Å². The van der Waals surface area contributed by atoms with Gasteiger partial charge in [-0.25, -0.2) is 9.97 Å². The first-order valence-electron chi connectivity index (χ1n) is 12.1. The minimum absolute atomic E-state index is 0.0764. The SMILES string of the molecule is Cn1c(NC(=O)c2csc(C3CCN(C(=O)C(C)(C)Oc4ccccc4Cl)CC3)n2)nc2ccccc21. The van der Waals surface area contributed by atoms with E-state index in [4.69, 9.17) is 16.3 Å². The Labute approximate surface area is 224 Å². The molecule has 4 aromatic rings. The number of hydrogen-bond acceptors (Lipinski definition) is 6. The van der Waals surface area contributed by atoms with Crippen LogP contribution in [0.4, 0.5) is 5.95 Å². The molecule has 2 amide bonds. The lowest BCUT2D eigenvalue weighted by Crippen LogP contribution is -2.51. The smallest absolute Gasteiger partial charge is 0.277 e. The van der Waals surface area contributed by atoms with Gasteiger partial charge in [-0.3, -0.25) is 14.9 Å². The Morgan fingerprint density at radius 3 is 2.51 bits per heavy atom. The Balaban J connectivity index is 1.19. The molecule has 1 fully saturated rings. The fourth-order valence-corrected chi connectivity index (χ4v) is 5.70. The highest BCUT2D eigenvalue weighted by Gasteiger charge is 2.37. The first-order chi connectivity index (χ1) is 17.7. The summed E-state index contributed by atoms with van der Waals surface area (Å²) in [4.78, 5) is 37.1. The number of rotatable bonds is 6. The summed E-state index contributed by atoms with van der Waals surface area (Å²) in [5, 5.41) is 6.04. The first-order valence-corrected chi connectivity index (χ1v) is 13.4. The predicted molar refractivity (Wildman–Crippen MR) is 145 cm³/mol. The molecule has 192 valence electrons. The molecule has 0 aliphatic carbocycles. The van der Waals surface area contributed by atoms with Gasteiger partial charge in [0.15, 0.2) is 5.60 Å². The van der Waals surface area contributed by atoms with Crippen molar-refractivity contribution in [1.29, 1.82) is 0 Å². The molecule has 10 heteroatoms. The summed E-state index contributed by atoms with van der Waals surface area (Å²) in [6.45, 7) is 4.72. The van der Waals surface area contributed by atoms with Gasteiger partial charge in [-0.2, -0.15) is 0 Å². The van der Waals surface area contributed by atoms with Crippen molar-refractivity contribution in [3.63, 3.8) is 0 Å². The van der Waals surface area contributed by atoms with E-state index in [1.807, 2.05) is 52.9 Å². The number of nitrogens with one attached hydrogen (secondary N) is 1. The summed E-state index contributed by atoms with van der Waals surface area (Å²) >= 11 is 7.70. The minimum atomic E-state index is -1.04. The minimum Gasteiger partial charge on any atom is -0.476 e. The van der Waals surface area contributed by atoms with E-state index in [2.05, 4.69) is 15.3 Å². The second-order valence-electron chi connectivity index (χ2n) is 9.62. The largest absolute Gasteiger partial charge is 0.476 e. The third kappa shape index (κ3) is 5.19. The number of nitrogens with zero attached hydrogens (tertiary/aromatic N) is 4. The zero-order valence-electron chi connectivity index (χ0n) is 20.9. The zero-order valence-corrected chi connectivity index (χ0v) is 22.5. The van der Waals surface area contributed by atoms with E-state index in [1.165, 1.54) is 11.3 Å². The number of ether oxygens (including phenoxy) is 1. The van der Waals surface area contributed by atoms with Crippen LogP contribution in [0.2, 0.25) is 5.02 Å². The lowest BCUT2D eigenvalue weighted by Gasteiger charge is -2.36. The van der Waals surface area contributed by atoms with E-state index < -0.39 is 5.60 Å². The number of carbonyl (C=O) groups is 2. The molecule has 0 unspecified atom stereocenters. The summed E-state index contributed by atoms with van der Waals surface area (Å²) in [6.07, 6.45) is 1.54. The van der Waals surface area contributed by atoms with Crippen LogP contribution >= 0.6 is 22.9 Å². The molecule has 1 N–H and O–H groups in total. The summed E-state index contributed by atoms with van der Waals surface area (Å²) < 4.78 is 7.83. The Morgan fingerprint density at radius 2 is 1.78 bits per heavy atom. The summed E-state index contributed by atoms with van der Waals surface area (Å²) in [5.74, 6) is 0.803. The number of imidazole rings is 1. The van der Waals surface area contributed by atoms with E-state index in [0.29, 0.717) is 35.5 Å². The van der Waals surface area contributed by atoms with Crippen molar-refractivity contribution in [3.8, 4) is 5.75 Å². The number of piperidine rings is 1. The third-order valence-electron chi connectivity index (χ3n) is 6.62. The van der Waals surface area contributed by atoms with Gasteiger partial charge in [0.25, 0.3) is 11.8 Å². The number of fused-ring (bicyclic) bond motifs is 1. The number of halogens is 1. The van der Waals surface area contributed by atoms with Gasteiger partial charge in [0.2, 0.25) is 5.95 Å². The van der Waals surface area contributed by atoms with E-state index in [1.54, 1.807) is 31.4 Å². The Morgan fingerprint density at radius 1 is 1.08 bits per heavy atom. The number of anilines is 1. The number of aryl methyl sites for hydroxylation is 1. The number of thiazole rings is 1. The zero-order chi connectivity index (χ0) is 26.2. The normalized spacial score (nSPS) is 14.6. The van der Waals surface area contributed by atoms with Crippen LogP contribution in [0.5, 0.6) is 5.75 Å². The fourth-order valence-electron chi connectivity index (χ4n) is 4.56. The molecular weight excluding hydrogens is 510 g/mol. The van der Waals surface area contributed by atoms with Crippen molar-refractivity contribution in [1.82, 2.24) is 19.4 Å². The van der Waals surface area contributed by atoms with Crippen LogP contribution in [0.15, 0.2) is 53.9 Å². The van der Waals surface area contributed by atoms with Crippen molar-refractivity contribution >= 4 is 51.7 Å². The molecule has 1 aliphatic rings. The molecule has 0 radical (unpaired) electrons. The average molecular weight is 538 g/mol. The molecule has 3 heterocycles. The van der Waals surface area contributed by atoms with Crippen molar-refractivity contribution in [2.24, 2.45) is 7.05 Å².